The third kappa shape index (κ3) is 5.57. The zero-order valence-corrected chi connectivity index (χ0v) is 12.2. The molecule has 0 aliphatic carbocycles. The second-order valence-corrected chi connectivity index (χ2v) is 4.77. The Balaban J connectivity index is 1.86. The molecule has 0 bridgehead atoms. The molecule has 0 radical (unpaired) electrons. The van der Waals surface area contributed by atoms with Gasteiger partial charge in [-0.25, -0.2) is 4.98 Å². The van der Waals surface area contributed by atoms with Gasteiger partial charge in [-0.3, -0.25) is 9.78 Å². The van der Waals surface area contributed by atoms with E-state index in [9.17, 15) is 18.0 Å². The van der Waals surface area contributed by atoms with Crippen LogP contribution in [-0.2, 0) is 6.54 Å². The van der Waals surface area contributed by atoms with E-state index >= 15 is 0 Å². The first-order chi connectivity index (χ1) is 10.8. The van der Waals surface area contributed by atoms with E-state index in [-0.39, 0.29) is 23.9 Å². The van der Waals surface area contributed by atoms with E-state index in [1.807, 2.05) is 0 Å². The minimum Gasteiger partial charge on any atom is -0.484 e. The molecule has 0 fully saturated rings. The maximum absolute atomic E-state index is 12.0. The summed E-state index contributed by atoms with van der Waals surface area (Å²) in [4.78, 5) is 19.8. The number of nitrogens with zero attached hydrogens (tertiary/aromatic N) is 2. The average molecular weight is 325 g/mol. The lowest BCUT2D eigenvalue weighted by molar-refractivity contribution is -0.153. The molecule has 1 aromatic carbocycles. The highest BCUT2D eigenvalue weighted by molar-refractivity contribution is 5.91. The molecule has 1 N–H and O–H groups in total. The van der Waals surface area contributed by atoms with Crippen molar-refractivity contribution in [3.8, 4) is 5.75 Å². The Hall–Kier alpha value is -2.64. The molecule has 0 saturated carbocycles. The minimum absolute atomic E-state index is 0.113. The summed E-state index contributed by atoms with van der Waals surface area (Å²) < 4.78 is 40.7. The highest BCUT2D eigenvalue weighted by atomic mass is 19.4. The lowest BCUT2D eigenvalue weighted by Gasteiger charge is -2.10. The van der Waals surface area contributed by atoms with Gasteiger partial charge in [-0.05, 0) is 24.6 Å². The molecule has 0 saturated heterocycles. The summed E-state index contributed by atoms with van der Waals surface area (Å²) in [6.07, 6.45) is -1.51. The Morgan fingerprint density at radius 2 is 1.87 bits per heavy atom. The standard InChI is InChI=1S/C15H14F3N3O2/c1-10-6-20-13(8-19-10)14(22)21-7-11-2-4-12(5-3-11)23-9-15(16,17)18/h2-6,8H,7,9H2,1H3,(H,21,22). The van der Waals surface area contributed by atoms with Crippen molar-refractivity contribution in [2.45, 2.75) is 19.6 Å². The molecular weight excluding hydrogens is 311 g/mol. The van der Waals surface area contributed by atoms with Crippen LogP contribution in [0.25, 0.3) is 0 Å². The number of alkyl halides is 3. The van der Waals surface area contributed by atoms with E-state index in [2.05, 4.69) is 20.0 Å². The van der Waals surface area contributed by atoms with Gasteiger partial charge in [0.1, 0.15) is 11.4 Å². The number of aryl methyl sites for hydroxylation is 1. The largest absolute Gasteiger partial charge is 0.484 e. The van der Waals surface area contributed by atoms with Crippen molar-refractivity contribution in [2.24, 2.45) is 0 Å². The van der Waals surface area contributed by atoms with Crippen molar-refractivity contribution in [3.05, 3.63) is 53.6 Å². The zero-order valence-electron chi connectivity index (χ0n) is 12.2. The number of hydrogen-bond donors (Lipinski definition) is 1. The molecule has 0 atom stereocenters. The number of rotatable bonds is 5. The topological polar surface area (TPSA) is 64.1 Å². The molecule has 1 heterocycles. The zero-order chi connectivity index (χ0) is 16.9. The van der Waals surface area contributed by atoms with Crippen LogP contribution in [0.15, 0.2) is 36.7 Å². The third-order valence-electron chi connectivity index (χ3n) is 2.79. The summed E-state index contributed by atoms with van der Waals surface area (Å²) in [7, 11) is 0. The molecule has 1 amide bonds. The first-order valence-electron chi connectivity index (χ1n) is 6.69. The van der Waals surface area contributed by atoms with Gasteiger partial charge in [-0.2, -0.15) is 13.2 Å². The van der Waals surface area contributed by atoms with Gasteiger partial charge in [0.05, 0.1) is 11.9 Å². The second kappa shape index (κ2) is 7.08. The molecule has 23 heavy (non-hydrogen) atoms. The van der Waals surface area contributed by atoms with Crippen LogP contribution in [0.4, 0.5) is 13.2 Å². The summed E-state index contributed by atoms with van der Waals surface area (Å²) in [5, 5.41) is 2.65. The molecule has 0 aliphatic rings. The molecule has 8 heteroatoms. The molecule has 0 spiro atoms. The average Bonchev–Trinajstić information content (AvgIpc) is 2.51. The van der Waals surface area contributed by atoms with Crippen molar-refractivity contribution in [1.29, 1.82) is 0 Å². The maximum Gasteiger partial charge on any atom is 0.422 e. The van der Waals surface area contributed by atoms with Crippen molar-refractivity contribution in [3.63, 3.8) is 0 Å². The van der Waals surface area contributed by atoms with E-state index in [4.69, 9.17) is 0 Å². The fourth-order valence-electron chi connectivity index (χ4n) is 1.65. The van der Waals surface area contributed by atoms with Gasteiger partial charge in [0.15, 0.2) is 6.61 Å². The predicted octanol–water partition coefficient (Wildman–Crippen LogP) is 2.66. The Morgan fingerprint density at radius 3 is 2.43 bits per heavy atom. The van der Waals surface area contributed by atoms with E-state index in [0.717, 1.165) is 5.56 Å². The summed E-state index contributed by atoms with van der Waals surface area (Å²) in [6, 6.07) is 5.98. The lowest BCUT2D eigenvalue weighted by atomic mass is 10.2. The van der Waals surface area contributed by atoms with Crippen LogP contribution in [0.1, 0.15) is 21.7 Å². The number of carbonyl (C=O) groups excluding carboxylic acids is 1. The van der Waals surface area contributed by atoms with Crippen molar-refractivity contribution in [2.75, 3.05) is 6.61 Å². The highest BCUT2D eigenvalue weighted by Crippen LogP contribution is 2.18. The number of benzene rings is 1. The van der Waals surface area contributed by atoms with E-state index < -0.39 is 12.8 Å². The van der Waals surface area contributed by atoms with Gasteiger partial charge in [0.25, 0.3) is 5.91 Å². The number of hydrogen-bond acceptors (Lipinski definition) is 4. The van der Waals surface area contributed by atoms with Crippen LogP contribution in [0.2, 0.25) is 0 Å². The SMILES string of the molecule is Cc1cnc(C(=O)NCc2ccc(OCC(F)(F)F)cc2)cn1. The minimum atomic E-state index is -4.37. The van der Waals surface area contributed by atoms with Crippen LogP contribution >= 0.6 is 0 Å². The van der Waals surface area contributed by atoms with Gasteiger partial charge in [0.2, 0.25) is 0 Å². The first kappa shape index (κ1) is 16.7. The van der Waals surface area contributed by atoms with Crippen molar-refractivity contribution in [1.82, 2.24) is 15.3 Å². The normalized spacial score (nSPS) is 11.1. The van der Waals surface area contributed by atoms with Crippen LogP contribution in [0.5, 0.6) is 5.75 Å². The molecule has 0 unspecified atom stereocenters. The highest BCUT2D eigenvalue weighted by Gasteiger charge is 2.28. The van der Waals surface area contributed by atoms with Gasteiger partial charge >= 0.3 is 6.18 Å². The van der Waals surface area contributed by atoms with Crippen LogP contribution in [0, 0.1) is 6.92 Å². The number of nitrogens with one attached hydrogen (secondary N) is 1. The Kier molecular flexibility index (Phi) is 5.15. The smallest absolute Gasteiger partial charge is 0.422 e. The van der Waals surface area contributed by atoms with Crippen molar-refractivity contribution >= 4 is 5.91 Å². The molecule has 1 aromatic heterocycles. The number of ether oxygens (including phenoxy) is 1. The third-order valence-corrected chi connectivity index (χ3v) is 2.79. The second-order valence-electron chi connectivity index (χ2n) is 4.77. The first-order valence-corrected chi connectivity index (χ1v) is 6.69. The lowest BCUT2D eigenvalue weighted by Crippen LogP contribution is -2.24. The summed E-state index contributed by atoms with van der Waals surface area (Å²) in [5.41, 5.74) is 1.62. The number of aromatic nitrogens is 2. The molecule has 5 nitrogen and oxygen atoms in total. The Bertz CT molecular complexity index is 655. The molecule has 2 aromatic rings. The molecule has 2 rings (SSSR count). The van der Waals surface area contributed by atoms with E-state index in [1.165, 1.54) is 24.5 Å². The molecule has 122 valence electrons. The van der Waals surface area contributed by atoms with Crippen LogP contribution in [-0.4, -0.2) is 28.7 Å². The number of carbonyl (C=O) groups is 1. The van der Waals surface area contributed by atoms with E-state index in [1.54, 1.807) is 19.1 Å². The Morgan fingerprint density at radius 1 is 1.17 bits per heavy atom. The van der Waals surface area contributed by atoms with Gasteiger partial charge in [0, 0.05) is 12.7 Å². The maximum atomic E-state index is 12.0. The van der Waals surface area contributed by atoms with Crippen LogP contribution in [0.3, 0.4) is 0 Å². The number of halogens is 3. The predicted molar refractivity (Wildman–Crippen MR) is 75.9 cm³/mol. The monoisotopic (exact) mass is 325 g/mol. The molecule has 0 aliphatic heterocycles. The van der Waals surface area contributed by atoms with Crippen molar-refractivity contribution < 1.29 is 22.7 Å². The number of amides is 1. The summed E-state index contributed by atoms with van der Waals surface area (Å²) >= 11 is 0. The van der Waals surface area contributed by atoms with E-state index in [0.29, 0.717) is 5.69 Å². The van der Waals surface area contributed by atoms with Gasteiger partial charge < -0.3 is 10.1 Å². The summed E-state index contributed by atoms with van der Waals surface area (Å²) in [5.74, 6) is -0.267. The fourth-order valence-corrected chi connectivity index (χ4v) is 1.65. The summed E-state index contributed by atoms with van der Waals surface area (Å²) in [6.45, 7) is 0.639. The fraction of sp³-hybridized carbons (Fsp3) is 0.267. The van der Waals surface area contributed by atoms with Gasteiger partial charge in [-0.15, -0.1) is 0 Å². The quantitative estimate of drug-likeness (QED) is 0.918. The Labute approximate surface area is 130 Å². The van der Waals surface area contributed by atoms with Gasteiger partial charge in [-0.1, -0.05) is 12.1 Å². The molecular formula is C15H14F3N3O2. The van der Waals surface area contributed by atoms with Crippen LogP contribution < -0.4 is 10.1 Å².